The predicted octanol–water partition coefficient (Wildman–Crippen LogP) is 3.90. The minimum absolute atomic E-state index is 0.0297. The van der Waals surface area contributed by atoms with Gasteiger partial charge in [-0.2, -0.15) is 0 Å². The second kappa shape index (κ2) is 8.13. The van der Waals surface area contributed by atoms with E-state index in [0.717, 1.165) is 5.56 Å². The molecular formula is C24H19N3O3. The molecule has 148 valence electrons. The van der Waals surface area contributed by atoms with Gasteiger partial charge < -0.3 is 5.32 Å². The van der Waals surface area contributed by atoms with Crippen LogP contribution < -0.4 is 10.9 Å². The maximum absolute atomic E-state index is 13.2. The summed E-state index contributed by atoms with van der Waals surface area (Å²) in [6.45, 7) is 1.79. The second-order valence-electron chi connectivity index (χ2n) is 6.94. The Labute approximate surface area is 172 Å². The lowest BCUT2D eigenvalue weighted by Gasteiger charge is -2.12. The quantitative estimate of drug-likeness (QED) is 0.518. The summed E-state index contributed by atoms with van der Waals surface area (Å²) in [4.78, 5) is 41.8. The molecule has 1 N–H and O–H groups in total. The molecule has 0 saturated carbocycles. The highest BCUT2D eigenvalue weighted by atomic mass is 16.2. The molecular weight excluding hydrogens is 378 g/mol. The highest BCUT2D eigenvalue weighted by Gasteiger charge is 2.17. The Morgan fingerprint density at radius 1 is 0.967 bits per heavy atom. The Morgan fingerprint density at radius 3 is 2.40 bits per heavy atom. The summed E-state index contributed by atoms with van der Waals surface area (Å²) in [5.41, 5.74) is 2.13. The van der Waals surface area contributed by atoms with Crippen LogP contribution in [0.4, 0.5) is 5.69 Å². The van der Waals surface area contributed by atoms with Crippen LogP contribution in [0.15, 0.2) is 83.8 Å². The van der Waals surface area contributed by atoms with Gasteiger partial charge in [-0.15, -0.1) is 0 Å². The first-order valence-corrected chi connectivity index (χ1v) is 9.48. The van der Waals surface area contributed by atoms with Crippen LogP contribution in [-0.4, -0.2) is 21.2 Å². The van der Waals surface area contributed by atoms with Gasteiger partial charge in [0.2, 0.25) is 0 Å². The zero-order chi connectivity index (χ0) is 21.1. The number of fused-ring (bicyclic) bond motifs is 1. The minimum atomic E-state index is -0.511. The number of Topliss-reactive ketones (excluding diaryl/α,β-unsaturated/α-hetero) is 1. The lowest BCUT2D eigenvalue weighted by atomic mass is 10.1. The SMILES string of the molecule is CC(=O)c1ccc(NC(=O)c2cc3cccnc3n(Cc3ccccc3)c2=O)cc1. The zero-order valence-electron chi connectivity index (χ0n) is 16.3. The molecule has 0 aliphatic carbocycles. The summed E-state index contributed by atoms with van der Waals surface area (Å²) in [6.07, 6.45) is 1.62. The summed E-state index contributed by atoms with van der Waals surface area (Å²) in [6, 6.07) is 21.2. The summed E-state index contributed by atoms with van der Waals surface area (Å²) >= 11 is 0. The number of amides is 1. The molecule has 0 radical (unpaired) electrons. The van der Waals surface area contributed by atoms with Gasteiger partial charge in [-0.25, -0.2) is 4.98 Å². The third-order valence-corrected chi connectivity index (χ3v) is 4.83. The lowest BCUT2D eigenvalue weighted by Crippen LogP contribution is -2.30. The Bertz CT molecular complexity index is 1290. The third kappa shape index (κ3) is 3.89. The van der Waals surface area contributed by atoms with Gasteiger partial charge in [0.15, 0.2) is 5.78 Å². The van der Waals surface area contributed by atoms with E-state index in [4.69, 9.17) is 0 Å². The molecule has 2 heterocycles. The molecule has 30 heavy (non-hydrogen) atoms. The van der Waals surface area contributed by atoms with Crippen molar-refractivity contribution in [3.8, 4) is 0 Å². The molecule has 1 amide bonds. The fraction of sp³-hybridized carbons (Fsp3) is 0.0833. The van der Waals surface area contributed by atoms with E-state index in [2.05, 4.69) is 10.3 Å². The normalized spacial score (nSPS) is 10.7. The average Bonchev–Trinajstić information content (AvgIpc) is 2.76. The van der Waals surface area contributed by atoms with Crippen molar-refractivity contribution in [3.63, 3.8) is 0 Å². The van der Waals surface area contributed by atoms with Gasteiger partial charge in [-0.05, 0) is 55.0 Å². The number of hydrogen-bond donors (Lipinski definition) is 1. The van der Waals surface area contributed by atoms with Crippen molar-refractivity contribution in [1.29, 1.82) is 0 Å². The van der Waals surface area contributed by atoms with Crippen LogP contribution >= 0.6 is 0 Å². The van der Waals surface area contributed by atoms with Crippen molar-refractivity contribution in [3.05, 3.63) is 106 Å². The molecule has 0 aliphatic heterocycles. The molecule has 0 atom stereocenters. The van der Waals surface area contributed by atoms with Gasteiger partial charge in [0.1, 0.15) is 11.2 Å². The molecule has 0 spiro atoms. The van der Waals surface area contributed by atoms with Crippen LogP contribution in [0.25, 0.3) is 11.0 Å². The Morgan fingerprint density at radius 2 is 1.70 bits per heavy atom. The van der Waals surface area contributed by atoms with E-state index in [1.807, 2.05) is 36.4 Å². The number of pyridine rings is 2. The van der Waals surface area contributed by atoms with E-state index < -0.39 is 11.5 Å². The molecule has 2 aromatic heterocycles. The summed E-state index contributed by atoms with van der Waals surface area (Å²) < 4.78 is 1.51. The topological polar surface area (TPSA) is 81.1 Å². The molecule has 0 fully saturated rings. The molecule has 4 aromatic rings. The molecule has 6 nitrogen and oxygen atoms in total. The van der Waals surface area contributed by atoms with E-state index in [1.165, 1.54) is 11.5 Å². The highest BCUT2D eigenvalue weighted by Crippen LogP contribution is 2.15. The largest absolute Gasteiger partial charge is 0.322 e. The van der Waals surface area contributed by atoms with Crippen LogP contribution in [-0.2, 0) is 6.54 Å². The monoisotopic (exact) mass is 397 g/mol. The number of benzene rings is 2. The molecule has 6 heteroatoms. The standard InChI is InChI=1S/C24H19N3O3/c1-16(28)18-9-11-20(12-10-18)26-23(29)21-14-19-8-5-13-25-22(19)27(24(21)30)15-17-6-3-2-4-7-17/h2-14H,15H2,1H3,(H,26,29). The van der Waals surface area contributed by atoms with Gasteiger partial charge in [-0.3, -0.25) is 19.0 Å². The second-order valence-corrected chi connectivity index (χ2v) is 6.94. The Hall–Kier alpha value is -4.06. The number of aromatic nitrogens is 2. The van der Waals surface area contributed by atoms with E-state index in [9.17, 15) is 14.4 Å². The first-order valence-electron chi connectivity index (χ1n) is 9.48. The number of anilines is 1. The van der Waals surface area contributed by atoms with Crippen molar-refractivity contribution >= 4 is 28.4 Å². The maximum Gasteiger partial charge on any atom is 0.265 e. The van der Waals surface area contributed by atoms with Crippen molar-refractivity contribution in [2.24, 2.45) is 0 Å². The van der Waals surface area contributed by atoms with Crippen molar-refractivity contribution in [1.82, 2.24) is 9.55 Å². The number of nitrogens with zero attached hydrogens (tertiary/aromatic N) is 2. The predicted molar refractivity (Wildman–Crippen MR) is 116 cm³/mol. The molecule has 0 bridgehead atoms. The number of carbonyl (C=O) groups excluding carboxylic acids is 2. The van der Waals surface area contributed by atoms with Crippen molar-refractivity contribution in [2.45, 2.75) is 13.5 Å². The molecule has 2 aromatic carbocycles. The minimum Gasteiger partial charge on any atom is -0.322 e. The lowest BCUT2D eigenvalue weighted by molar-refractivity contribution is 0.101. The van der Waals surface area contributed by atoms with Gasteiger partial charge in [0.05, 0.1) is 6.54 Å². The number of nitrogens with one attached hydrogen (secondary N) is 1. The summed E-state index contributed by atoms with van der Waals surface area (Å²) in [5, 5.41) is 3.44. The summed E-state index contributed by atoms with van der Waals surface area (Å²) in [7, 11) is 0. The van der Waals surface area contributed by atoms with E-state index in [-0.39, 0.29) is 11.3 Å². The van der Waals surface area contributed by atoms with Crippen LogP contribution in [0, 0.1) is 0 Å². The number of rotatable bonds is 5. The van der Waals surface area contributed by atoms with E-state index >= 15 is 0 Å². The van der Waals surface area contributed by atoms with Crippen molar-refractivity contribution < 1.29 is 9.59 Å². The fourth-order valence-electron chi connectivity index (χ4n) is 3.27. The molecule has 0 aliphatic rings. The average molecular weight is 397 g/mol. The third-order valence-electron chi connectivity index (χ3n) is 4.83. The van der Waals surface area contributed by atoms with Gasteiger partial charge in [0.25, 0.3) is 11.5 Å². The Balaban J connectivity index is 1.73. The zero-order valence-corrected chi connectivity index (χ0v) is 16.3. The first kappa shape index (κ1) is 19.3. The van der Waals surface area contributed by atoms with Crippen LogP contribution in [0.1, 0.15) is 33.2 Å². The van der Waals surface area contributed by atoms with Crippen LogP contribution in [0.3, 0.4) is 0 Å². The first-order chi connectivity index (χ1) is 14.5. The highest BCUT2D eigenvalue weighted by molar-refractivity contribution is 6.06. The van der Waals surface area contributed by atoms with Gasteiger partial charge in [0, 0.05) is 22.8 Å². The maximum atomic E-state index is 13.2. The number of carbonyl (C=O) groups is 2. The molecule has 4 rings (SSSR count). The number of hydrogen-bond acceptors (Lipinski definition) is 4. The van der Waals surface area contributed by atoms with Crippen LogP contribution in [0.2, 0.25) is 0 Å². The fourth-order valence-corrected chi connectivity index (χ4v) is 3.27. The van der Waals surface area contributed by atoms with Crippen molar-refractivity contribution in [2.75, 3.05) is 5.32 Å². The van der Waals surface area contributed by atoms with Gasteiger partial charge in [-0.1, -0.05) is 30.3 Å². The number of ketones is 1. The van der Waals surface area contributed by atoms with E-state index in [1.54, 1.807) is 42.6 Å². The molecule has 0 unspecified atom stereocenters. The van der Waals surface area contributed by atoms with Crippen LogP contribution in [0.5, 0.6) is 0 Å². The van der Waals surface area contributed by atoms with Gasteiger partial charge >= 0.3 is 0 Å². The molecule has 0 saturated heterocycles. The Kier molecular flexibility index (Phi) is 5.22. The smallest absolute Gasteiger partial charge is 0.265 e. The summed E-state index contributed by atoms with van der Waals surface area (Å²) in [5.74, 6) is -0.568. The van der Waals surface area contributed by atoms with E-state index in [0.29, 0.717) is 28.8 Å².